The lowest BCUT2D eigenvalue weighted by Crippen LogP contribution is -2.00. The molecule has 0 aliphatic heterocycles. The topological polar surface area (TPSA) is 51.6 Å². The molecule has 0 atom stereocenters. The molecule has 10 aromatic rings. The van der Waals surface area contributed by atoms with Gasteiger partial charge in [0.25, 0.3) is 0 Å². The van der Waals surface area contributed by atoms with Gasteiger partial charge in [-0.1, -0.05) is 170 Å². The van der Waals surface area contributed by atoms with Crippen molar-refractivity contribution in [2.24, 2.45) is 0 Å². The zero-order chi connectivity index (χ0) is 34.4. The Hall–Kier alpha value is -7.04. The summed E-state index contributed by atoms with van der Waals surface area (Å²) in [5, 5.41) is 8.54. The predicted molar refractivity (Wildman–Crippen MR) is 215 cm³/mol. The van der Waals surface area contributed by atoms with Gasteiger partial charge in [0.15, 0.2) is 17.5 Å². The first kappa shape index (κ1) is 29.8. The van der Waals surface area contributed by atoms with E-state index in [9.17, 15) is 0 Å². The molecule has 4 nitrogen and oxygen atoms in total. The lowest BCUT2D eigenvalue weighted by atomic mass is 9.89. The van der Waals surface area contributed by atoms with E-state index in [4.69, 9.17) is 19.9 Å². The minimum absolute atomic E-state index is 0.636. The minimum Gasteiger partial charge on any atom is -0.247 e. The van der Waals surface area contributed by atoms with Crippen LogP contribution in [-0.2, 0) is 0 Å². The van der Waals surface area contributed by atoms with Gasteiger partial charge >= 0.3 is 0 Å². The number of para-hydroxylation sites is 1. The van der Waals surface area contributed by atoms with Gasteiger partial charge in [0.2, 0.25) is 0 Å². The van der Waals surface area contributed by atoms with Crippen LogP contribution >= 0.6 is 0 Å². The minimum atomic E-state index is 0.636. The first-order chi connectivity index (χ1) is 25.8. The quantitative estimate of drug-likeness (QED) is 0.172. The Morgan fingerprint density at radius 3 is 1.31 bits per heavy atom. The highest BCUT2D eigenvalue weighted by molar-refractivity contribution is 6.33. The summed E-state index contributed by atoms with van der Waals surface area (Å²) in [6.07, 6.45) is 0. The van der Waals surface area contributed by atoms with E-state index in [1.165, 1.54) is 37.7 Å². The summed E-state index contributed by atoms with van der Waals surface area (Å²) in [5.41, 5.74) is 8.07. The molecule has 0 aliphatic rings. The van der Waals surface area contributed by atoms with E-state index in [2.05, 4.69) is 121 Å². The van der Waals surface area contributed by atoms with E-state index in [1.54, 1.807) is 0 Å². The van der Waals surface area contributed by atoms with Crippen molar-refractivity contribution in [2.75, 3.05) is 0 Å². The van der Waals surface area contributed by atoms with Gasteiger partial charge < -0.3 is 0 Å². The smallest absolute Gasteiger partial charge is 0.164 e. The SMILES string of the molecule is c1ccc(-c2nc(-c3ccccc3)nc(-c3cccc(-c4ccc(-c5nc6ccccc6c6c7ccccc7c7ccccc7c56)cc4)c3)n2)cc1. The van der Waals surface area contributed by atoms with Crippen molar-refractivity contribution in [3.05, 3.63) is 182 Å². The summed E-state index contributed by atoms with van der Waals surface area (Å²) in [5.74, 6) is 1.93. The molecule has 2 aromatic heterocycles. The molecule has 0 saturated heterocycles. The van der Waals surface area contributed by atoms with Crippen LogP contribution in [0.2, 0.25) is 0 Å². The average Bonchev–Trinajstić information content (AvgIpc) is 3.24. The van der Waals surface area contributed by atoms with Gasteiger partial charge in [-0.2, -0.15) is 0 Å². The molecular formula is C48H30N4. The van der Waals surface area contributed by atoms with Crippen LogP contribution in [0.4, 0.5) is 0 Å². The molecule has 0 fully saturated rings. The van der Waals surface area contributed by atoms with Crippen LogP contribution in [-0.4, -0.2) is 19.9 Å². The van der Waals surface area contributed by atoms with Gasteiger partial charge in [-0.15, -0.1) is 0 Å². The molecule has 0 N–H and O–H groups in total. The van der Waals surface area contributed by atoms with Gasteiger partial charge in [-0.3, -0.25) is 0 Å². The summed E-state index contributed by atoms with van der Waals surface area (Å²) < 4.78 is 0. The standard InChI is InChI=1S/C48H30N4/c1-3-14-33(15-4-1)46-50-47(34-16-5-2-6-17-34)52-48(51-46)36-19-13-18-35(30-36)31-26-28-32(29-27-31)45-44-40-23-10-8-21-38(40)37-20-7-9-22-39(37)43(44)41-24-11-12-25-42(41)49-45/h1-30H. The molecule has 4 heteroatoms. The molecule has 0 unspecified atom stereocenters. The molecular weight excluding hydrogens is 633 g/mol. The van der Waals surface area contributed by atoms with Crippen molar-refractivity contribution in [1.29, 1.82) is 0 Å². The summed E-state index contributed by atoms with van der Waals surface area (Å²) >= 11 is 0. The number of pyridine rings is 1. The van der Waals surface area contributed by atoms with E-state index in [0.29, 0.717) is 17.5 Å². The summed E-state index contributed by atoms with van der Waals surface area (Å²) in [4.78, 5) is 20.1. The monoisotopic (exact) mass is 662 g/mol. The number of fused-ring (bicyclic) bond motifs is 8. The van der Waals surface area contributed by atoms with E-state index in [-0.39, 0.29) is 0 Å². The Balaban J connectivity index is 1.10. The fourth-order valence-corrected chi connectivity index (χ4v) is 7.43. The van der Waals surface area contributed by atoms with Gasteiger partial charge in [0.05, 0.1) is 11.2 Å². The molecule has 242 valence electrons. The number of benzene rings is 8. The summed E-state index contributed by atoms with van der Waals surface area (Å²) in [7, 11) is 0. The lowest BCUT2D eigenvalue weighted by molar-refractivity contribution is 1.07. The molecule has 2 heterocycles. The number of rotatable bonds is 5. The van der Waals surface area contributed by atoms with E-state index in [0.717, 1.165) is 44.6 Å². The lowest BCUT2D eigenvalue weighted by Gasteiger charge is -2.16. The molecule has 10 rings (SSSR count). The summed E-state index contributed by atoms with van der Waals surface area (Å²) in [6, 6.07) is 63.3. The molecule has 0 saturated carbocycles. The second-order valence-corrected chi connectivity index (χ2v) is 13.0. The van der Waals surface area contributed by atoms with E-state index < -0.39 is 0 Å². The normalized spacial score (nSPS) is 11.5. The van der Waals surface area contributed by atoms with Crippen LogP contribution in [0.1, 0.15) is 0 Å². The van der Waals surface area contributed by atoms with Crippen LogP contribution < -0.4 is 0 Å². The fourth-order valence-electron chi connectivity index (χ4n) is 7.43. The zero-order valence-electron chi connectivity index (χ0n) is 28.1. The first-order valence-corrected chi connectivity index (χ1v) is 17.5. The van der Waals surface area contributed by atoms with Crippen molar-refractivity contribution < 1.29 is 0 Å². The Labute approximate surface area is 300 Å². The molecule has 0 bridgehead atoms. The molecule has 0 spiro atoms. The maximum absolute atomic E-state index is 5.33. The molecule has 0 radical (unpaired) electrons. The number of hydrogen-bond donors (Lipinski definition) is 0. The van der Waals surface area contributed by atoms with Crippen LogP contribution in [0.15, 0.2) is 182 Å². The number of aromatic nitrogens is 4. The highest BCUT2D eigenvalue weighted by atomic mass is 15.0. The van der Waals surface area contributed by atoms with Crippen LogP contribution in [0, 0.1) is 0 Å². The van der Waals surface area contributed by atoms with Crippen molar-refractivity contribution in [3.8, 4) is 56.5 Å². The first-order valence-electron chi connectivity index (χ1n) is 17.5. The van der Waals surface area contributed by atoms with Crippen molar-refractivity contribution >= 4 is 43.2 Å². The Morgan fingerprint density at radius 1 is 0.250 bits per heavy atom. The maximum Gasteiger partial charge on any atom is 0.164 e. The molecule has 0 amide bonds. The van der Waals surface area contributed by atoms with Crippen LogP contribution in [0.3, 0.4) is 0 Å². The third-order valence-corrected chi connectivity index (χ3v) is 9.89. The highest BCUT2D eigenvalue weighted by Gasteiger charge is 2.18. The van der Waals surface area contributed by atoms with Gasteiger partial charge in [-0.25, -0.2) is 19.9 Å². The summed E-state index contributed by atoms with van der Waals surface area (Å²) in [6.45, 7) is 0. The second kappa shape index (κ2) is 12.4. The van der Waals surface area contributed by atoms with E-state index >= 15 is 0 Å². The number of hydrogen-bond acceptors (Lipinski definition) is 4. The molecule has 52 heavy (non-hydrogen) atoms. The Bertz CT molecular complexity index is 2880. The van der Waals surface area contributed by atoms with Crippen molar-refractivity contribution in [1.82, 2.24) is 19.9 Å². The predicted octanol–water partition coefficient (Wildman–Crippen LogP) is 12.2. The average molecular weight is 663 g/mol. The fraction of sp³-hybridized carbons (Fsp3) is 0. The van der Waals surface area contributed by atoms with Crippen molar-refractivity contribution in [2.45, 2.75) is 0 Å². The Kier molecular flexibility index (Phi) is 7.10. The highest BCUT2D eigenvalue weighted by Crippen LogP contribution is 2.43. The van der Waals surface area contributed by atoms with E-state index in [1.807, 2.05) is 60.7 Å². The third-order valence-electron chi connectivity index (χ3n) is 9.89. The van der Waals surface area contributed by atoms with Gasteiger partial charge in [0, 0.05) is 38.4 Å². The van der Waals surface area contributed by atoms with Crippen LogP contribution in [0.5, 0.6) is 0 Å². The third kappa shape index (κ3) is 5.09. The zero-order valence-corrected chi connectivity index (χ0v) is 28.1. The Morgan fingerprint density at radius 2 is 0.692 bits per heavy atom. The number of nitrogens with zero attached hydrogens (tertiary/aromatic N) is 4. The van der Waals surface area contributed by atoms with Gasteiger partial charge in [-0.05, 0) is 44.8 Å². The maximum atomic E-state index is 5.33. The van der Waals surface area contributed by atoms with Crippen LogP contribution in [0.25, 0.3) is 99.8 Å². The largest absolute Gasteiger partial charge is 0.247 e. The van der Waals surface area contributed by atoms with Gasteiger partial charge in [0.1, 0.15) is 0 Å². The molecule has 8 aromatic carbocycles. The van der Waals surface area contributed by atoms with Crippen molar-refractivity contribution in [3.63, 3.8) is 0 Å². The second-order valence-electron chi connectivity index (χ2n) is 13.0. The molecule has 0 aliphatic carbocycles.